The standard InChI is InChI=1S/C19H24FN3O4/c1-13-9-14(2)23(21-13)8-7-19(25)27-12-18(24)22(3)11-15-5-6-17(26-4)16(20)10-15/h5-6,9-10H,7-8,11-12H2,1-4H3. The molecule has 1 aromatic carbocycles. The molecule has 0 N–H and O–H groups in total. The van der Waals surface area contributed by atoms with Crippen molar-refractivity contribution in [2.24, 2.45) is 0 Å². The molecule has 2 rings (SSSR count). The zero-order valence-electron chi connectivity index (χ0n) is 16.0. The summed E-state index contributed by atoms with van der Waals surface area (Å²) < 4.78 is 25.3. The summed E-state index contributed by atoms with van der Waals surface area (Å²) in [5.41, 5.74) is 2.45. The molecule has 0 bridgehead atoms. The molecule has 0 fully saturated rings. The van der Waals surface area contributed by atoms with Crippen LogP contribution in [0.2, 0.25) is 0 Å². The normalized spacial score (nSPS) is 10.6. The van der Waals surface area contributed by atoms with Crippen LogP contribution in [-0.2, 0) is 27.4 Å². The zero-order valence-corrected chi connectivity index (χ0v) is 16.0. The second kappa shape index (κ2) is 9.16. The smallest absolute Gasteiger partial charge is 0.308 e. The van der Waals surface area contributed by atoms with E-state index in [0.29, 0.717) is 12.1 Å². The number of carbonyl (C=O) groups is 2. The number of benzene rings is 1. The van der Waals surface area contributed by atoms with Gasteiger partial charge in [0, 0.05) is 19.3 Å². The van der Waals surface area contributed by atoms with Gasteiger partial charge in [-0.1, -0.05) is 6.07 Å². The molecule has 0 aliphatic carbocycles. The fourth-order valence-corrected chi connectivity index (χ4v) is 2.59. The third kappa shape index (κ3) is 5.80. The molecule has 0 aliphatic rings. The lowest BCUT2D eigenvalue weighted by Crippen LogP contribution is -2.31. The molecule has 0 saturated carbocycles. The lowest BCUT2D eigenvalue weighted by atomic mass is 10.2. The van der Waals surface area contributed by atoms with E-state index in [1.54, 1.807) is 17.8 Å². The van der Waals surface area contributed by atoms with E-state index in [1.165, 1.54) is 24.1 Å². The Morgan fingerprint density at radius 2 is 2.00 bits per heavy atom. The number of methoxy groups -OCH3 is 1. The van der Waals surface area contributed by atoms with Crippen molar-refractivity contribution in [2.45, 2.75) is 33.4 Å². The third-order valence-corrected chi connectivity index (χ3v) is 4.05. The van der Waals surface area contributed by atoms with Crippen molar-refractivity contribution < 1.29 is 23.5 Å². The first-order valence-corrected chi connectivity index (χ1v) is 8.53. The van der Waals surface area contributed by atoms with E-state index in [4.69, 9.17) is 9.47 Å². The van der Waals surface area contributed by atoms with Crippen molar-refractivity contribution in [3.63, 3.8) is 0 Å². The third-order valence-electron chi connectivity index (χ3n) is 4.05. The van der Waals surface area contributed by atoms with Crippen molar-refractivity contribution in [3.05, 3.63) is 47.0 Å². The molecule has 0 atom stereocenters. The summed E-state index contributed by atoms with van der Waals surface area (Å²) in [7, 11) is 2.95. The second-order valence-corrected chi connectivity index (χ2v) is 6.28. The minimum absolute atomic E-state index is 0.128. The van der Waals surface area contributed by atoms with Gasteiger partial charge in [0.15, 0.2) is 18.2 Å². The molecule has 0 unspecified atom stereocenters. The van der Waals surface area contributed by atoms with E-state index < -0.39 is 11.8 Å². The van der Waals surface area contributed by atoms with E-state index in [-0.39, 0.29) is 31.2 Å². The van der Waals surface area contributed by atoms with Gasteiger partial charge in [-0.15, -0.1) is 0 Å². The van der Waals surface area contributed by atoms with Crippen LogP contribution >= 0.6 is 0 Å². The minimum atomic E-state index is -0.494. The van der Waals surface area contributed by atoms with Gasteiger partial charge in [-0.2, -0.15) is 5.10 Å². The average Bonchev–Trinajstić information content (AvgIpc) is 2.95. The lowest BCUT2D eigenvalue weighted by Gasteiger charge is -2.17. The maximum absolute atomic E-state index is 13.7. The number of rotatable bonds is 8. The lowest BCUT2D eigenvalue weighted by molar-refractivity contribution is -0.151. The Morgan fingerprint density at radius 3 is 2.59 bits per heavy atom. The van der Waals surface area contributed by atoms with Crippen LogP contribution < -0.4 is 4.74 Å². The number of amides is 1. The summed E-state index contributed by atoms with van der Waals surface area (Å²) in [4.78, 5) is 25.3. The Labute approximate surface area is 157 Å². The Kier molecular flexibility index (Phi) is 6.92. The van der Waals surface area contributed by atoms with Crippen LogP contribution in [0.3, 0.4) is 0 Å². The number of aromatic nitrogens is 2. The van der Waals surface area contributed by atoms with Crippen LogP contribution in [0.15, 0.2) is 24.3 Å². The van der Waals surface area contributed by atoms with E-state index in [0.717, 1.165) is 11.4 Å². The molecular weight excluding hydrogens is 353 g/mol. The number of nitrogens with zero attached hydrogens (tertiary/aromatic N) is 3. The van der Waals surface area contributed by atoms with Crippen molar-refractivity contribution in [1.29, 1.82) is 0 Å². The summed E-state index contributed by atoms with van der Waals surface area (Å²) in [6, 6.07) is 6.41. The summed E-state index contributed by atoms with van der Waals surface area (Å²) >= 11 is 0. The van der Waals surface area contributed by atoms with Crippen molar-refractivity contribution in [2.75, 3.05) is 20.8 Å². The van der Waals surface area contributed by atoms with Crippen LogP contribution in [0.5, 0.6) is 5.75 Å². The molecule has 7 nitrogen and oxygen atoms in total. The van der Waals surface area contributed by atoms with E-state index in [2.05, 4.69) is 5.10 Å². The molecule has 1 amide bonds. The number of likely N-dealkylation sites (N-methyl/N-ethyl adjacent to an activating group) is 1. The molecule has 27 heavy (non-hydrogen) atoms. The van der Waals surface area contributed by atoms with Crippen LogP contribution in [0.25, 0.3) is 0 Å². The predicted molar refractivity (Wildman–Crippen MR) is 96.7 cm³/mol. The molecule has 0 aliphatic heterocycles. The monoisotopic (exact) mass is 377 g/mol. The number of ether oxygens (including phenoxy) is 2. The minimum Gasteiger partial charge on any atom is -0.494 e. The van der Waals surface area contributed by atoms with Gasteiger partial charge in [0.25, 0.3) is 5.91 Å². The van der Waals surface area contributed by atoms with Crippen molar-refractivity contribution in [3.8, 4) is 5.75 Å². The van der Waals surface area contributed by atoms with E-state index in [9.17, 15) is 14.0 Å². The Hall–Kier alpha value is -2.90. The fourth-order valence-electron chi connectivity index (χ4n) is 2.59. The Balaban J connectivity index is 1.77. The summed E-state index contributed by atoms with van der Waals surface area (Å²) in [5.74, 6) is -1.19. The highest BCUT2D eigenvalue weighted by Crippen LogP contribution is 2.18. The molecule has 1 heterocycles. The fraction of sp³-hybridized carbons (Fsp3) is 0.421. The number of esters is 1. The highest BCUT2D eigenvalue weighted by molar-refractivity contribution is 5.80. The topological polar surface area (TPSA) is 73.7 Å². The van der Waals surface area contributed by atoms with E-state index in [1.807, 2.05) is 19.9 Å². The first-order chi connectivity index (χ1) is 12.8. The summed E-state index contributed by atoms with van der Waals surface area (Å²) in [6.45, 7) is 4.03. The van der Waals surface area contributed by atoms with Gasteiger partial charge < -0.3 is 14.4 Å². The molecular formula is C19H24FN3O4. The highest BCUT2D eigenvalue weighted by Gasteiger charge is 2.14. The number of hydrogen-bond acceptors (Lipinski definition) is 5. The maximum atomic E-state index is 13.7. The SMILES string of the molecule is COc1ccc(CN(C)C(=O)COC(=O)CCn2nc(C)cc2C)cc1F. The van der Waals surface area contributed by atoms with Crippen LogP contribution in [0, 0.1) is 19.7 Å². The summed E-state index contributed by atoms with van der Waals surface area (Å²) in [6.07, 6.45) is 0.128. The molecule has 146 valence electrons. The molecule has 1 aromatic heterocycles. The van der Waals surface area contributed by atoms with Gasteiger partial charge >= 0.3 is 5.97 Å². The summed E-state index contributed by atoms with van der Waals surface area (Å²) in [5, 5.41) is 4.27. The number of halogens is 1. The maximum Gasteiger partial charge on any atom is 0.308 e. The van der Waals surface area contributed by atoms with Gasteiger partial charge in [0.1, 0.15) is 0 Å². The number of hydrogen-bond donors (Lipinski definition) is 0. The number of carbonyl (C=O) groups excluding carboxylic acids is 2. The average molecular weight is 377 g/mol. The molecule has 8 heteroatoms. The van der Waals surface area contributed by atoms with Gasteiger partial charge in [-0.05, 0) is 37.6 Å². The molecule has 0 spiro atoms. The zero-order chi connectivity index (χ0) is 20.0. The number of aryl methyl sites for hydroxylation is 3. The predicted octanol–water partition coefficient (Wildman–Crippen LogP) is 2.24. The van der Waals surface area contributed by atoms with Gasteiger partial charge in [0.2, 0.25) is 0 Å². The molecule has 0 radical (unpaired) electrons. The van der Waals surface area contributed by atoms with Gasteiger partial charge in [-0.25, -0.2) is 4.39 Å². The Morgan fingerprint density at radius 1 is 1.26 bits per heavy atom. The van der Waals surface area contributed by atoms with Crippen LogP contribution in [0.4, 0.5) is 4.39 Å². The van der Waals surface area contributed by atoms with Crippen molar-refractivity contribution in [1.82, 2.24) is 14.7 Å². The Bertz CT molecular complexity index is 819. The quantitative estimate of drug-likeness (QED) is 0.660. The second-order valence-electron chi connectivity index (χ2n) is 6.28. The highest BCUT2D eigenvalue weighted by atomic mass is 19.1. The van der Waals surface area contributed by atoms with Gasteiger partial charge in [0.05, 0.1) is 25.8 Å². The van der Waals surface area contributed by atoms with E-state index >= 15 is 0 Å². The largest absolute Gasteiger partial charge is 0.494 e. The van der Waals surface area contributed by atoms with Gasteiger partial charge in [-0.3, -0.25) is 14.3 Å². The van der Waals surface area contributed by atoms with Crippen molar-refractivity contribution >= 4 is 11.9 Å². The molecule has 0 saturated heterocycles. The van der Waals surface area contributed by atoms with Crippen LogP contribution in [-0.4, -0.2) is 47.3 Å². The first kappa shape index (κ1) is 20.4. The molecule has 2 aromatic rings. The first-order valence-electron chi connectivity index (χ1n) is 8.53. The van der Waals surface area contributed by atoms with Crippen LogP contribution in [0.1, 0.15) is 23.4 Å².